The number of nitrogens with one attached hydrogen (secondary N) is 1. The standard InChI is InChI=1S/C24H24ClF2N5O3/c1-13(2)10-31-12-28-24(30-31)32-11-17(20-18(26)8-16(35-3)9-19(20)27)21(23(32)34)29-22(33)14-4-6-15(25)7-5-14/h4-9,12-13,17,21H,10-11H2,1-3H3,(H,29,33)/t17-,21?/m0/s1. The second kappa shape index (κ2) is 9.99. The molecule has 1 saturated heterocycles. The lowest BCUT2D eigenvalue weighted by molar-refractivity contribution is -0.118. The molecule has 0 aliphatic carbocycles. The van der Waals surface area contributed by atoms with Gasteiger partial charge in [-0.3, -0.25) is 19.2 Å². The first kappa shape index (κ1) is 24.6. The third kappa shape index (κ3) is 5.12. The van der Waals surface area contributed by atoms with Crippen molar-refractivity contribution in [3.05, 3.63) is 70.5 Å². The minimum Gasteiger partial charge on any atom is -0.497 e. The molecule has 1 unspecified atom stereocenters. The molecule has 2 atom stereocenters. The number of nitrogens with zero attached hydrogens (tertiary/aromatic N) is 4. The van der Waals surface area contributed by atoms with Crippen molar-refractivity contribution in [1.82, 2.24) is 20.1 Å². The Kier molecular flexibility index (Phi) is 7.02. The lowest BCUT2D eigenvalue weighted by atomic mass is 9.92. The van der Waals surface area contributed by atoms with Gasteiger partial charge < -0.3 is 10.1 Å². The Morgan fingerprint density at radius 2 is 1.89 bits per heavy atom. The Labute approximate surface area is 205 Å². The van der Waals surface area contributed by atoms with Crippen molar-refractivity contribution in [2.45, 2.75) is 32.4 Å². The number of amides is 2. The van der Waals surface area contributed by atoms with Gasteiger partial charge in [-0.2, -0.15) is 0 Å². The molecule has 35 heavy (non-hydrogen) atoms. The van der Waals surface area contributed by atoms with Crippen LogP contribution in [0.4, 0.5) is 14.7 Å². The third-order valence-corrected chi connectivity index (χ3v) is 5.94. The predicted molar refractivity (Wildman–Crippen MR) is 126 cm³/mol. The van der Waals surface area contributed by atoms with E-state index in [0.29, 0.717) is 17.5 Å². The van der Waals surface area contributed by atoms with Gasteiger partial charge in [0.05, 0.1) is 7.11 Å². The molecule has 1 N–H and O–H groups in total. The summed E-state index contributed by atoms with van der Waals surface area (Å²) in [5, 5.41) is 7.41. The van der Waals surface area contributed by atoms with Crippen molar-refractivity contribution in [2.75, 3.05) is 18.6 Å². The summed E-state index contributed by atoms with van der Waals surface area (Å²) in [6.07, 6.45) is 1.49. The number of aromatic nitrogens is 3. The SMILES string of the molecule is COc1cc(F)c([C@@H]2CN(c3ncn(CC(C)C)n3)C(=O)C2NC(=O)c2ccc(Cl)cc2)c(F)c1. The summed E-state index contributed by atoms with van der Waals surface area (Å²) in [4.78, 5) is 31.8. The maximum Gasteiger partial charge on any atom is 0.252 e. The molecule has 2 heterocycles. The van der Waals surface area contributed by atoms with Crippen LogP contribution in [-0.4, -0.2) is 46.3 Å². The zero-order valence-corrected chi connectivity index (χ0v) is 20.1. The van der Waals surface area contributed by atoms with Crippen molar-refractivity contribution in [3.8, 4) is 5.75 Å². The van der Waals surface area contributed by atoms with E-state index in [-0.39, 0.29) is 29.4 Å². The second-order valence-corrected chi connectivity index (χ2v) is 9.11. The highest BCUT2D eigenvalue weighted by Gasteiger charge is 2.46. The minimum atomic E-state index is -1.26. The lowest BCUT2D eigenvalue weighted by Crippen LogP contribution is -2.44. The van der Waals surface area contributed by atoms with E-state index < -0.39 is 35.4 Å². The van der Waals surface area contributed by atoms with E-state index in [2.05, 4.69) is 15.4 Å². The van der Waals surface area contributed by atoms with Gasteiger partial charge in [0.1, 0.15) is 29.8 Å². The Bertz CT molecular complexity index is 1230. The number of methoxy groups -OCH3 is 1. The summed E-state index contributed by atoms with van der Waals surface area (Å²) in [5.74, 6) is -3.58. The number of benzene rings is 2. The Balaban J connectivity index is 1.70. The monoisotopic (exact) mass is 503 g/mol. The largest absolute Gasteiger partial charge is 0.497 e. The van der Waals surface area contributed by atoms with Gasteiger partial charge in [0.15, 0.2) is 0 Å². The number of carbonyl (C=O) groups is 2. The molecule has 1 aromatic heterocycles. The van der Waals surface area contributed by atoms with Gasteiger partial charge in [-0.1, -0.05) is 25.4 Å². The van der Waals surface area contributed by atoms with Gasteiger partial charge >= 0.3 is 0 Å². The van der Waals surface area contributed by atoms with Crippen LogP contribution in [0.25, 0.3) is 0 Å². The average Bonchev–Trinajstić information content (AvgIpc) is 3.38. The molecule has 4 rings (SSSR count). The quantitative estimate of drug-likeness (QED) is 0.529. The van der Waals surface area contributed by atoms with E-state index in [1.54, 1.807) is 4.68 Å². The molecule has 1 fully saturated rings. The molecule has 8 nitrogen and oxygen atoms in total. The summed E-state index contributed by atoms with van der Waals surface area (Å²) in [6, 6.07) is 6.88. The Hall–Kier alpha value is -3.53. The highest BCUT2D eigenvalue weighted by Crippen LogP contribution is 2.35. The molecular formula is C24H24ClF2N5O3. The van der Waals surface area contributed by atoms with Crippen molar-refractivity contribution >= 4 is 29.4 Å². The number of carbonyl (C=O) groups excluding carboxylic acids is 2. The fourth-order valence-corrected chi connectivity index (χ4v) is 4.19. The first-order valence-electron chi connectivity index (χ1n) is 11.0. The number of ether oxygens (including phenoxy) is 1. The summed E-state index contributed by atoms with van der Waals surface area (Å²) < 4.78 is 36.6. The highest BCUT2D eigenvalue weighted by atomic mass is 35.5. The lowest BCUT2D eigenvalue weighted by Gasteiger charge is -2.20. The van der Waals surface area contributed by atoms with Crippen molar-refractivity contribution in [1.29, 1.82) is 0 Å². The van der Waals surface area contributed by atoms with E-state index >= 15 is 8.78 Å². The number of halogens is 3. The van der Waals surface area contributed by atoms with Crippen LogP contribution in [0.5, 0.6) is 5.75 Å². The van der Waals surface area contributed by atoms with Crippen LogP contribution in [0.1, 0.15) is 35.7 Å². The van der Waals surface area contributed by atoms with Crippen LogP contribution in [0.15, 0.2) is 42.7 Å². The number of anilines is 1. The molecule has 0 spiro atoms. The van der Waals surface area contributed by atoms with Crippen LogP contribution in [0, 0.1) is 17.6 Å². The normalized spacial score (nSPS) is 17.8. The average molecular weight is 504 g/mol. The molecule has 2 amide bonds. The molecule has 0 saturated carbocycles. The van der Waals surface area contributed by atoms with E-state index in [9.17, 15) is 9.59 Å². The number of rotatable bonds is 7. The van der Waals surface area contributed by atoms with Gasteiger partial charge in [0.25, 0.3) is 17.8 Å². The van der Waals surface area contributed by atoms with Gasteiger partial charge in [-0.15, -0.1) is 5.10 Å². The minimum absolute atomic E-state index is 0.000717. The van der Waals surface area contributed by atoms with E-state index in [1.165, 1.54) is 42.6 Å². The number of hydrogen-bond acceptors (Lipinski definition) is 5. The summed E-state index contributed by atoms with van der Waals surface area (Å²) in [7, 11) is 1.29. The van der Waals surface area contributed by atoms with E-state index in [4.69, 9.17) is 16.3 Å². The fourth-order valence-electron chi connectivity index (χ4n) is 4.06. The van der Waals surface area contributed by atoms with Crippen LogP contribution in [0.3, 0.4) is 0 Å². The highest BCUT2D eigenvalue weighted by molar-refractivity contribution is 6.30. The maximum absolute atomic E-state index is 15.0. The molecule has 11 heteroatoms. The van der Waals surface area contributed by atoms with E-state index in [0.717, 1.165) is 12.1 Å². The topological polar surface area (TPSA) is 89.3 Å². The first-order valence-corrected chi connectivity index (χ1v) is 11.4. The van der Waals surface area contributed by atoms with Crippen LogP contribution in [-0.2, 0) is 11.3 Å². The van der Waals surface area contributed by atoms with Gasteiger partial charge in [0, 0.05) is 47.3 Å². The summed E-state index contributed by atoms with van der Waals surface area (Å²) >= 11 is 5.89. The van der Waals surface area contributed by atoms with Gasteiger partial charge in [-0.25, -0.2) is 13.8 Å². The third-order valence-electron chi connectivity index (χ3n) is 5.68. The van der Waals surface area contributed by atoms with Crippen molar-refractivity contribution < 1.29 is 23.1 Å². The van der Waals surface area contributed by atoms with Crippen LogP contribution >= 0.6 is 11.6 Å². The fraction of sp³-hybridized carbons (Fsp3) is 0.333. The van der Waals surface area contributed by atoms with Crippen molar-refractivity contribution in [2.24, 2.45) is 5.92 Å². The molecule has 2 aromatic carbocycles. The van der Waals surface area contributed by atoms with E-state index in [1.807, 2.05) is 13.8 Å². The van der Waals surface area contributed by atoms with Crippen molar-refractivity contribution in [3.63, 3.8) is 0 Å². The number of hydrogen-bond donors (Lipinski definition) is 1. The smallest absolute Gasteiger partial charge is 0.252 e. The molecule has 1 aliphatic heterocycles. The first-order chi connectivity index (χ1) is 16.7. The molecule has 3 aromatic rings. The van der Waals surface area contributed by atoms with Crippen LogP contribution in [0.2, 0.25) is 5.02 Å². The van der Waals surface area contributed by atoms with Gasteiger partial charge in [-0.05, 0) is 30.2 Å². The molecule has 184 valence electrons. The van der Waals surface area contributed by atoms with Crippen LogP contribution < -0.4 is 15.0 Å². The van der Waals surface area contributed by atoms with Gasteiger partial charge in [0.2, 0.25) is 0 Å². The predicted octanol–water partition coefficient (Wildman–Crippen LogP) is 3.80. The molecular weight excluding hydrogens is 480 g/mol. The zero-order valence-electron chi connectivity index (χ0n) is 19.3. The molecule has 1 aliphatic rings. The zero-order chi connectivity index (χ0) is 25.3. The molecule has 0 bridgehead atoms. The summed E-state index contributed by atoms with van der Waals surface area (Å²) in [6.45, 7) is 4.47. The maximum atomic E-state index is 15.0. The second-order valence-electron chi connectivity index (χ2n) is 8.68. The Morgan fingerprint density at radius 3 is 2.49 bits per heavy atom. The summed E-state index contributed by atoms with van der Waals surface area (Å²) in [5.41, 5.74) is -0.0842. The molecule has 0 radical (unpaired) electrons. The Morgan fingerprint density at radius 1 is 1.23 bits per heavy atom.